The van der Waals surface area contributed by atoms with Crippen LogP contribution >= 0.6 is 11.6 Å². The van der Waals surface area contributed by atoms with Crippen molar-refractivity contribution in [3.05, 3.63) is 46.4 Å². The molecule has 0 aliphatic heterocycles. The molecule has 0 atom stereocenters. The van der Waals surface area contributed by atoms with Crippen LogP contribution in [0.15, 0.2) is 24.3 Å². The van der Waals surface area contributed by atoms with Crippen LogP contribution in [0.3, 0.4) is 0 Å². The molecule has 9 heteroatoms. The average molecular weight is 331 g/mol. The summed E-state index contributed by atoms with van der Waals surface area (Å²) in [6.45, 7) is 0.113. The first-order chi connectivity index (χ1) is 10.2. The summed E-state index contributed by atoms with van der Waals surface area (Å²) in [6.07, 6.45) is -4.39. The first-order valence-electron chi connectivity index (χ1n) is 6.21. The number of nitrogens with zero attached hydrogens (tertiary/aromatic N) is 2. The standard InChI is InChI=1S/C13H11BClF3N2O2/c1-22-11(21)9-10(14)19-12(15)20(9)6-7-2-4-8(5-3-7)13(16,17)18/h2-5H,6,14H2,1H3. The Morgan fingerprint density at radius 1 is 1.36 bits per heavy atom. The molecule has 0 N–H and O–H groups in total. The lowest BCUT2D eigenvalue weighted by Gasteiger charge is -2.10. The van der Waals surface area contributed by atoms with Gasteiger partial charge >= 0.3 is 12.1 Å². The predicted molar refractivity (Wildman–Crippen MR) is 77.3 cm³/mol. The smallest absolute Gasteiger partial charge is 0.416 e. The minimum atomic E-state index is -4.39. The number of ether oxygens (including phenoxy) is 1. The van der Waals surface area contributed by atoms with Crippen LogP contribution in [0.2, 0.25) is 5.28 Å². The molecule has 0 unspecified atom stereocenters. The molecule has 2 rings (SSSR count). The van der Waals surface area contributed by atoms with E-state index in [9.17, 15) is 18.0 Å². The third-order valence-electron chi connectivity index (χ3n) is 3.10. The summed E-state index contributed by atoms with van der Waals surface area (Å²) in [5, 5.41) is 0.0674. The van der Waals surface area contributed by atoms with Gasteiger partial charge < -0.3 is 9.30 Å². The van der Waals surface area contributed by atoms with Gasteiger partial charge in [-0.25, -0.2) is 9.78 Å². The zero-order valence-corrected chi connectivity index (χ0v) is 12.5. The maximum Gasteiger partial charge on any atom is 0.416 e. The summed E-state index contributed by atoms with van der Waals surface area (Å²) in [5.74, 6) is -0.608. The van der Waals surface area contributed by atoms with E-state index < -0.39 is 17.7 Å². The second-order valence-electron chi connectivity index (χ2n) is 4.59. The number of methoxy groups -OCH3 is 1. The summed E-state index contributed by atoms with van der Waals surface area (Å²) in [7, 11) is 2.83. The number of hydrogen-bond donors (Lipinski definition) is 0. The number of hydrogen-bond acceptors (Lipinski definition) is 3. The quantitative estimate of drug-likeness (QED) is 0.635. The molecule has 0 spiro atoms. The number of carbonyl (C=O) groups excluding carboxylic acids is 1. The highest BCUT2D eigenvalue weighted by Gasteiger charge is 2.30. The highest BCUT2D eigenvalue weighted by Crippen LogP contribution is 2.29. The second kappa shape index (κ2) is 6.04. The van der Waals surface area contributed by atoms with Crippen molar-refractivity contribution < 1.29 is 22.7 Å². The Kier molecular flexibility index (Phi) is 4.51. The molecule has 0 bridgehead atoms. The fourth-order valence-electron chi connectivity index (χ4n) is 2.02. The van der Waals surface area contributed by atoms with E-state index >= 15 is 0 Å². The van der Waals surface area contributed by atoms with Crippen LogP contribution in [0, 0.1) is 0 Å². The van der Waals surface area contributed by atoms with Crippen molar-refractivity contribution in [1.82, 2.24) is 9.55 Å². The van der Waals surface area contributed by atoms with Gasteiger partial charge in [0.15, 0.2) is 7.85 Å². The summed E-state index contributed by atoms with van der Waals surface area (Å²) >= 11 is 5.97. The van der Waals surface area contributed by atoms with Crippen molar-refractivity contribution in [3.63, 3.8) is 0 Å². The van der Waals surface area contributed by atoms with Crippen molar-refractivity contribution in [2.75, 3.05) is 7.11 Å². The van der Waals surface area contributed by atoms with Crippen LogP contribution in [0.5, 0.6) is 0 Å². The zero-order valence-electron chi connectivity index (χ0n) is 11.7. The molecule has 2 aromatic rings. The fraction of sp³-hybridized carbons (Fsp3) is 0.231. The third-order valence-corrected chi connectivity index (χ3v) is 3.38. The van der Waals surface area contributed by atoms with Crippen molar-refractivity contribution in [2.45, 2.75) is 12.7 Å². The molecule has 1 aromatic heterocycles. The van der Waals surface area contributed by atoms with Gasteiger partial charge in [0.05, 0.1) is 19.2 Å². The van der Waals surface area contributed by atoms with Crippen LogP contribution in [-0.4, -0.2) is 30.5 Å². The lowest BCUT2D eigenvalue weighted by molar-refractivity contribution is -0.137. The van der Waals surface area contributed by atoms with Crippen molar-refractivity contribution in [3.8, 4) is 0 Å². The Morgan fingerprint density at radius 2 is 1.95 bits per heavy atom. The SMILES string of the molecule is Bc1nc(Cl)n(Cc2ccc(C(F)(F)F)cc2)c1C(=O)OC. The van der Waals surface area contributed by atoms with Crippen LogP contribution in [0.4, 0.5) is 13.2 Å². The molecule has 4 nitrogen and oxygen atoms in total. The third kappa shape index (κ3) is 3.27. The highest BCUT2D eigenvalue weighted by molar-refractivity contribution is 6.36. The maximum atomic E-state index is 12.5. The molecule has 116 valence electrons. The number of imidazole rings is 1. The predicted octanol–water partition coefficient (Wildman–Crippen LogP) is 1.65. The number of esters is 1. The van der Waals surface area contributed by atoms with Crippen LogP contribution in [0.1, 0.15) is 21.6 Å². The Balaban J connectivity index is 2.33. The number of halogens is 4. The minimum Gasteiger partial charge on any atom is -0.464 e. The Bertz CT molecular complexity index is 699. The van der Waals surface area contributed by atoms with Gasteiger partial charge in [-0.05, 0) is 29.3 Å². The van der Waals surface area contributed by atoms with Crippen molar-refractivity contribution in [1.29, 1.82) is 0 Å². The molecular weight excluding hydrogens is 319 g/mol. The summed E-state index contributed by atoms with van der Waals surface area (Å²) < 4.78 is 43.7. The molecule has 0 radical (unpaired) electrons. The van der Waals surface area contributed by atoms with E-state index in [-0.39, 0.29) is 17.5 Å². The topological polar surface area (TPSA) is 44.1 Å². The number of carbonyl (C=O) groups is 1. The normalized spacial score (nSPS) is 11.5. The molecule has 1 aromatic carbocycles. The number of rotatable bonds is 3. The summed E-state index contributed by atoms with van der Waals surface area (Å²) in [4.78, 5) is 15.7. The largest absolute Gasteiger partial charge is 0.464 e. The van der Waals surface area contributed by atoms with Gasteiger partial charge in [-0.15, -0.1) is 0 Å². The lowest BCUT2D eigenvalue weighted by atomic mass is 10.0. The van der Waals surface area contributed by atoms with Gasteiger partial charge in [0.1, 0.15) is 5.69 Å². The maximum absolute atomic E-state index is 12.5. The Hall–Kier alpha value is -1.96. The molecule has 0 amide bonds. The first kappa shape index (κ1) is 16.4. The van der Waals surface area contributed by atoms with Gasteiger partial charge in [0, 0.05) is 5.59 Å². The second-order valence-corrected chi connectivity index (χ2v) is 4.93. The van der Waals surface area contributed by atoms with Crippen molar-refractivity contribution in [2.24, 2.45) is 0 Å². The molecule has 0 aliphatic carbocycles. The monoisotopic (exact) mass is 330 g/mol. The summed E-state index contributed by atoms with van der Waals surface area (Å²) in [5.41, 5.74) is 0.381. The van der Waals surface area contributed by atoms with E-state index in [1.54, 1.807) is 7.85 Å². The lowest BCUT2D eigenvalue weighted by Crippen LogP contribution is -2.21. The van der Waals surface area contributed by atoms with E-state index in [4.69, 9.17) is 11.6 Å². The van der Waals surface area contributed by atoms with Gasteiger partial charge in [-0.3, -0.25) is 0 Å². The first-order valence-corrected chi connectivity index (χ1v) is 6.59. The molecule has 1 heterocycles. The van der Waals surface area contributed by atoms with Gasteiger partial charge in [-0.2, -0.15) is 13.2 Å². The fourth-order valence-corrected chi connectivity index (χ4v) is 2.29. The molecule has 0 aliphatic rings. The van der Waals surface area contributed by atoms with E-state index in [0.29, 0.717) is 11.2 Å². The van der Waals surface area contributed by atoms with Crippen LogP contribution < -0.4 is 5.59 Å². The molecule has 0 saturated heterocycles. The van der Waals surface area contributed by atoms with E-state index in [1.165, 1.54) is 23.8 Å². The molecule has 22 heavy (non-hydrogen) atoms. The zero-order chi connectivity index (χ0) is 16.5. The number of alkyl halides is 3. The van der Waals surface area contributed by atoms with Crippen molar-refractivity contribution >= 4 is 31.0 Å². The van der Waals surface area contributed by atoms with Crippen LogP contribution in [0.25, 0.3) is 0 Å². The molecular formula is C13H11BClF3N2O2. The van der Waals surface area contributed by atoms with Gasteiger partial charge in [0.25, 0.3) is 0 Å². The Morgan fingerprint density at radius 3 is 2.45 bits per heavy atom. The van der Waals surface area contributed by atoms with Crippen LogP contribution in [-0.2, 0) is 17.5 Å². The van der Waals surface area contributed by atoms with Gasteiger partial charge in [0.2, 0.25) is 5.28 Å². The van der Waals surface area contributed by atoms with Gasteiger partial charge in [-0.1, -0.05) is 12.1 Å². The van der Waals surface area contributed by atoms with E-state index in [1.807, 2.05) is 0 Å². The highest BCUT2D eigenvalue weighted by atomic mass is 35.5. The van der Waals surface area contributed by atoms with E-state index in [0.717, 1.165) is 12.1 Å². The number of benzene rings is 1. The van der Waals surface area contributed by atoms with E-state index in [2.05, 4.69) is 9.72 Å². The minimum absolute atomic E-state index is 0.0674. The Labute approximate surface area is 130 Å². The summed E-state index contributed by atoms with van der Waals surface area (Å²) in [6, 6.07) is 4.61. The average Bonchev–Trinajstić information content (AvgIpc) is 2.72. The molecule has 0 fully saturated rings. The number of aromatic nitrogens is 2. The molecule has 0 saturated carbocycles.